The molecule has 0 saturated heterocycles. The molecular formula is C19H25N5O. The zero-order valence-electron chi connectivity index (χ0n) is 15.0. The lowest BCUT2D eigenvalue weighted by molar-refractivity contribution is -0.119. The van der Waals surface area contributed by atoms with Crippen LogP contribution in [0, 0.1) is 12.8 Å². The highest BCUT2D eigenvalue weighted by Crippen LogP contribution is 2.26. The highest BCUT2D eigenvalue weighted by Gasteiger charge is 2.22. The van der Waals surface area contributed by atoms with Gasteiger partial charge < -0.3 is 15.5 Å². The number of anilines is 4. The second kappa shape index (κ2) is 7.51. The number of aryl methyl sites for hydroxylation is 1. The van der Waals surface area contributed by atoms with E-state index in [9.17, 15) is 4.79 Å². The summed E-state index contributed by atoms with van der Waals surface area (Å²) in [6, 6.07) is 9.61. The van der Waals surface area contributed by atoms with Crippen molar-refractivity contribution in [1.29, 1.82) is 0 Å². The monoisotopic (exact) mass is 339 g/mol. The molecule has 1 aromatic carbocycles. The smallest absolute Gasteiger partial charge is 0.227 e. The standard InChI is InChI=1S/C19H25N5O/c1-13-20-17(12-18(21-13)24(2)3)22-15-8-10-16(11-9-15)23-19(25)14-6-4-5-7-14/h8-12,14H,4-7H2,1-3H3,(H,23,25)(H,20,21,22). The van der Waals surface area contributed by atoms with E-state index in [4.69, 9.17) is 0 Å². The molecule has 3 rings (SSSR count). The van der Waals surface area contributed by atoms with Gasteiger partial charge >= 0.3 is 0 Å². The van der Waals surface area contributed by atoms with Crippen molar-refractivity contribution < 1.29 is 4.79 Å². The van der Waals surface area contributed by atoms with Crippen LogP contribution >= 0.6 is 0 Å². The molecule has 2 N–H and O–H groups in total. The van der Waals surface area contributed by atoms with Gasteiger partial charge in [-0.25, -0.2) is 9.97 Å². The summed E-state index contributed by atoms with van der Waals surface area (Å²) in [5.41, 5.74) is 1.75. The largest absolute Gasteiger partial charge is 0.363 e. The van der Waals surface area contributed by atoms with E-state index >= 15 is 0 Å². The van der Waals surface area contributed by atoms with Gasteiger partial charge in [-0.3, -0.25) is 4.79 Å². The molecule has 2 aromatic rings. The number of carbonyl (C=O) groups excluding carboxylic acids is 1. The van der Waals surface area contributed by atoms with E-state index in [1.54, 1.807) is 0 Å². The molecule has 0 bridgehead atoms. The van der Waals surface area contributed by atoms with Crippen LogP contribution in [-0.2, 0) is 4.79 Å². The summed E-state index contributed by atoms with van der Waals surface area (Å²) in [6.45, 7) is 1.87. The normalized spacial score (nSPS) is 14.4. The first-order valence-electron chi connectivity index (χ1n) is 8.72. The second-order valence-electron chi connectivity index (χ2n) is 6.73. The van der Waals surface area contributed by atoms with Gasteiger partial charge in [0.05, 0.1) is 0 Å². The number of benzene rings is 1. The maximum atomic E-state index is 12.2. The Kier molecular flexibility index (Phi) is 5.16. The molecule has 0 aliphatic heterocycles. The number of rotatable bonds is 5. The van der Waals surface area contributed by atoms with E-state index in [1.165, 1.54) is 0 Å². The van der Waals surface area contributed by atoms with Crippen LogP contribution in [0.1, 0.15) is 31.5 Å². The fourth-order valence-electron chi connectivity index (χ4n) is 3.06. The molecule has 0 spiro atoms. The third-order valence-corrected chi connectivity index (χ3v) is 4.43. The predicted molar refractivity (Wildman–Crippen MR) is 101 cm³/mol. The number of aromatic nitrogens is 2. The Morgan fingerprint density at radius 3 is 2.36 bits per heavy atom. The van der Waals surface area contributed by atoms with E-state index < -0.39 is 0 Å². The fourth-order valence-corrected chi connectivity index (χ4v) is 3.06. The lowest BCUT2D eigenvalue weighted by Gasteiger charge is -2.14. The van der Waals surface area contributed by atoms with Crippen LogP contribution in [0.2, 0.25) is 0 Å². The third-order valence-electron chi connectivity index (χ3n) is 4.43. The van der Waals surface area contributed by atoms with Crippen molar-refractivity contribution in [3.05, 3.63) is 36.2 Å². The summed E-state index contributed by atoms with van der Waals surface area (Å²) in [6.07, 6.45) is 4.34. The molecule has 1 heterocycles. The van der Waals surface area contributed by atoms with E-state index in [-0.39, 0.29) is 11.8 Å². The molecule has 1 fully saturated rings. The molecule has 1 aliphatic carbocycles. The van der Waals surface area contributed by atoms with Crippen molar-refractivity contribution in [3.63, 3.8) is 0 Å². The minimum Gasteiger partial charge on any atom is -0.363 e. The molecule has 0 radical (unpaired) electrons. The minimum atomic E-state index is 0.139. The molecular weight excluding hydrogens is 314 g/mol. The quantitative estimate of drug-likeness (QED) is 0.869. The highest BCUT2D eigenvalue weighted by molar-refractivity contribution is 5.92. The van der Waals surface area contributed by atoms with Gasteiger partial charge in [-0.05, 0) is 44.0 Å². The van der Waals surface area contributed by atoms with E-state index in [2.05, 4.69) is 20.6 Å². The van der Waals surface area contributed by atoms with Crippen molar-refractivity contribution in [2.24, 2.45) is 5.92 Å². The van der Waals surface area contributed by atoms with E-state index in [0.717, 1.165) is 48.7 Å². The van der Waals surface area contributed by atoms with E-state index in [0.29, 0.717) is 5.82 Å². The number of nitrogens with one attached hydrogen (secondary N) is 2. The van der Waals surface area contributed by atoms with Crippen molar-refractivity contribution in [1.82, 2.24) is 9.97 Å². The Labute approximate surface area is 148 Å². The first kappa shape index (κ1) is 17.2. The van der Waals surface area contributed by atoms with Gasteiger partial charge in [0, 0.05) is 37.5 Å². The van der Waals surface area contributed by atoms with Gasteiger partial charge in [0.15, 0.2) is 0 Å². The number of amides is 1. The fraction of sp³-hybridized carbons (Fsp3) is 0.421. The van der Waals surface area contributed by atoms with Gasteiger partial charge in [0.25, 0.3) is 0 Å². The average molecular weight is 339 g/mol. The summed E-state index contributed by atoms with van der Waals surface area (Å²) in [5.74, 6) is 2.63. The topological polar surface area (TPSA) is 70.2 Å². The first-order valence-corrected chi connectivity index (χ1v) is 8.72. The molecule has 1 aliphatic rings. The number of carbonyl (C=O) groups is 1. The van der Waals surface area contributed by atoms with Crippen molar-refractivity contribution in [3.8, 4) is 0 Å². The Balaban J connectivity index is 1.65. The van der Waals surface area contributed by atoms with Crippen LogP contribution in [0.5, 0.6) is 0 Å². The Bertz CT molecular complexity index is 736. The third kappa shape index (κ3) is 4.47. The van der Waals surface area contributed by atoms with Crippen LogP contribution in [-0.4, -0.2) is 30.0 Å². The van der Waals surface area contributed by atoms with E-state index in [1.807, 2.05) is 56.3 Å². The van der Waals surface area contributed by atoms with Crippen molar-refractivity contribution in [2.45, 2.75) is 32.6 Å². The minimum absolute atomic E-state index is 0.139. The lowest BCUT2D eigenvalue weighted by atomic mass is 10.1. The van der Waals surface area contributed by atoms with Crippen LogP contribution in [0.3, 0.4) is 0 Å². The zero-order valence-corrected chi connectivity index (χ0v) is 15.0. The van der Waals surface area contributed by atoms with Gasteiger partial charge in [-0.2, -0.15) is 0 Å². The summed E-state index contributed by atoms with van der Waals surface area (Å²) < 4.78 is 0. The second-order valence-corrected chi connectivity index (χ2v) is 6.73. The van der Waals surface area contributed by atoms with Crippen LogP contribution in [0.15, 0.2) is 30.3 Å². The van der Waals surface area contributed by atoms with Crippen LogP contribution in [0.25, 0.3) is 0 Å². The molecule has 132 valence electrons. The molecule has 25 heavy (non-hydrogen) atoms. The van der Waals surface area contributed by atoms with Gasteiger partial charge in [0.2, 0.25) is 5.91 Å². The first-order chi connectivity index (χ1) is 12.0. The Hall–Kier alpha value is -2.63. The highest BCUT2D eigenvalue weighted by atomic mass is 16.1. The summed E-state index contributed by atoms with van der Waals surface area (Å²) in [4.78, 5) is 22.9. The Morgan fingerprint density at radius 1 is 1.08 bits per heavy atom. The van der Waals surface area contributed by atoms with Crippen molar-refractivity contribution >= 4 is 28.9 Å². The SMILES string of the molecule is Cc1nc(Nc2ccc(NC(=O)C3CCCC3)cc2)cc(N(C)C)n1. The molecule has 0 unspecified atom stereocenters. The Morgan fingerprint density at radius 2 is 1.72 bits per heavy atom. The lowest BCUT2D eigenvalue weighted by Crippen LogP contribution is -2.20. The molecule has 0 atom stereocenters. The van der Waals surface area contributed by atoms with Gasteiger partial charge in [-0.15, -0.1) is 0 Å². The summed E-state index contributed by atoms with van der Waals surface area (Å²) >= 11 is 0. The molecule has 1 saturated carbocycles. The summed E-state index contributed by atoms with van der Waals surface area (Å²) in [7, 11) is 3.90. The molecule has 6 nitrogen and oxygen atoms in total. The number of hydrogen-bond donors (Lipinski definition) is 2. The van der Waals surface area contributed by atoms with Gasteiger partial charge in [0.1, 0.15) is 17.5 Å². The maximum absolute atomic E-state index is 12.2. The summed E-state index contributed by atoms with van der Waals surface area (Å²) in [5, 5.41) is 6.29. The van der Waals surface area contributed by atoms with Crippen molar-refractivity contribution in [2.75, 3.05) is 29.6 Å². The maximum Gasteiger partial charge on any atom is 0.227 e. The molecule has 1 aromatic heterocycles. The van der Waals surface area contributed by atoms with Crippen LogP contribution in [0.4, 0.5) is 23.0 Å². The average Bonchev–Trinajstić information content (AvgIpc) is 3.11. The molecule has 1 amide bonds. The van der Waals surface area contributed by atoms with Gasteiger partial charge in [-0.1, -0.05) is 12.8 Å². The zero-order chi connectivity index (χ0) is 17.8. The predicted octanol–water partition coefficient (Wildman–Crippen LogP) is 3.72. The number of hydrogen-bond acceptors (Lipinski definition) is 5. The van der Waals surface area contributed by atoms with Crippen LogP contribution < -0.4 is 15.5 Å². The molecule has 6 heteroatoms. The number of nitrogens with zero attached hydrogens (tertiary/aromatic N) is 3.